The Bertz CT molecular complexity index is 326. The summed E-state index contributed by atoms with van der Waals surface area (Å²) in [5, 5.41) is 0. The molecule has 1 aromatic rings. The highest BCUT2D eigenvalue weighted by atomic mass is 31.0. The fraction of sp³-hybridized carbons (Fsp3) is 0.200. The van der Waals surface area contributed by atoms with Gasteiger partial charge in [-0.3, -0.25) is 0 Å². The van der Waals surface area contributed by atoms with Crippen LogP contribution in [0, 0.1) is 6.92 Å². The number of aryl methyl sites for hydroxylation is 1. The Morgan fingerprint density at radius 1 is 1.38 bits per heavy atom. The molecular formula is C10H11F2P. The van der Waals surface area contributed by atoms with Crippen LogP contribution in [0.4, 0.5) is 8.78 Å². The fourth-order valence-electron chi connectivity index (χ4n) is 1.09. The van der Waals surface area contributed by atoms with Gasteiger partial charge in [-0.05, 0) is 18.1 Å². The highest BCUT2D eigenvalue weighted by molar-refractivity contribution is 7.19. The van der Waals surface area contributed by atoms with Crippen molar-refractivity contribution < 1.29 is 8.78 Å². The van der Waals surface area contributed by atoms with E-state index in [1.807, 2.05) is 6.07 Å². The molecule has 3 heteroatoms. The number of hydrogen-bond acceptors (Lipinski definition) is 0. The van der Waals surface area contributed by atoms with Gasteiger partial charge in [0.25, 0.3) is 5.66 Å². The molecule has 1 rings (SSSR count). The maximum atomic E-state index is 12.8. The van der Waals surface area contributed by atoms with Crippen molar-refractivity contribution in [2.24, 2.45) is 0 Å². The van der Waals surface area contributed by atoms with Crippen LogP contribution in [0.25, 0.3) is 5.57 Å². The van der Waals surface area contributed by atoms with Crippen molar-refractivity contribution >= 4 is 14.8 Å². The van der Waals surface area contributed by atoms with E-state index in [9.17, 15) is 8.78 Å². The Hall–Kier alpha value is -0.750. The summed E-state index contributed by atoms with van der Waals surface area (Å²) in [5.74, 6) is 0. The lowest BCUT2D eigenvalue weighted by Crippen LogP contribution is -2.07. The zero-order valence-corrected chi connectivity index (χ0v) is 8.50. The molecule has 0 N–H and O–H groups in total. The molecule has 70 valence electrons. The van der Waals surface area contributed by atoms with Crippen molar-refractivity contribution in [2.45, 2.75) is 12.6 Å². The summed E-state index contributed by atoms with van der Waals surface area (Å²) in [4.78, 5) is 0. The SMILES string of the molecule is C=C(c1ccccc1C)C(F)(F)P. The van der Waals surface area contributed by atoms with E-state index >= 15 is 0 Å². The molecule has 0 radical (unpaired) electrons. The molecule has 0 aliphatic carbocycles. The number of benzene rings is 1. The third kappa shape index (κ3) is 2.35. The summed E-state index contributed by atoms with van der Waals surface area (Å²) in [7, 11) is 1.49. The van der Waals surface area contributed by atoms with Gasteiger partial charge in [0.1, 0.15) is 0 Å². The number of hydrogen-bond donors (Lipinski definition) is 0. The van der Waals surface area contributed by atoms with Crippen LogP contribution in [-0.4, -0.2) is 5.66 Å². The third-order valence-electron chi connectivity index (χ3n) is 1.87. The van der Waals surface area contributed by atoms with Gasteiger partial charge in [-0.25, -0.2) is 0 Å². The summed E-state index contributed by atoms with van der Waals surface area (Å²) in [6.07, 6.45) is 0. The predicted molar refractivity (Wildman–Crippen MR) is 54.9 cm³/mol. The number of allylic oxidation sites excluding steroid dienone is 1. The van der Waals surface area contributed by atoms with Crippen LogP contribution >= 0.6 is 9.24 Å². The average Bonchev–Trinajstić information content (AvgIpc) is 2.02. The Labute approximate surface area is 78.9 Å². The highest BCUT2D eigenvalue weighted by Crippen LogP contribution is 2.37. The Morgan fingerprint density at radius 3 is 2.38 bits per heavy atom. The van der Waals surface area contributed by atoms with Crippen LogP contribution in [-0.2, 0) is 0 Å². The summed E-state index contributed by atoms with van der Waals surface area (Å²) in [5.41, 5.74) is -1.75. The standard InChI is InChI=1S/C10H11F2P/c1-7-5-3-4-6-9(7)8(2)10(11,12)13/h3-6H,2,13H2,1H3. The largest absolute Gasteiger partial charge is 0.283 e. The second-order valence-corrected chi connectivity index (χ2v) is 3.64. The van der Waals surface area contributed by atoms with Crippen LogP contribution in [0.15, 0.2) is 30.8 Å². The zero-order valence-electron chi connectivity index (χ0n) is 7.35. The molecule has 1 atom stereocenters. The van der Waals surface area contributed by atoms with Crippen molar-refractivity contribution in [1.82, 2.24) is 0 Å². The van der Waals surface area contributed by atoms with E-state index in [-0.39, 0.29) is 5.57 Å². The summed E-state index contributed by atoms with van der Waals surface area (Å²) >= 11 is 0. The third-order valence-corrected chi connectivity index (χ3v) is 2.22. The second kappa shape index (κ2) is 3.55. The molecule has 1 unspecified atom stereocenters. The van der Waals surface area contributed by atoms with Gasteiger partial charge in [-0.1, -0.05) is 40.1 Å². The Balaban J connectivity index is 3.10. The van der Waals surface area contributed by atoms with Crippen LogP contribution < -0.4 is 0 Å². The molecule has 0 nitrogen and oxygen atoms in total. The van der Waals surface area contributed by atoms with E-state index < -0.39 is 5.66 Å². The van der Waals surface area contributed by atoms with Crippen molar-refractivity contribution in [3.8, 4) is 0 Å². The number of rotatable bonds is 2. The summed E-state index contributed by atoms with van der Waals surface area (Å²) in [6.45, 7) is 5.17. The summed E-state index contributed by atoms with van der Waals surface area (Å²) in [6, 6.07) is 6.98. The molecule has 0 saturated heterocycles. The molecule has 0 saturated carbocycles. The van der Waals surface area contributed by atoms with E-state index in [0.717, 1.165) is 5.56 Å². The molecular weight excluding hydrogens is 189 g/mol. The van der Waals surface area contributed by atoms with Crippen LogP contribution in [0.1, 0.15) is 11.1 Å². The molecule has 0 amide bonds. The van der Waals surface area contributed by atoms with Crippen LogP contribution in [0.2, 0.25) is 0 Å². The molecule has 1 aromatic carbocycles. The van der Waals surface area contributed by atoms with Gasteiger partial charge in [0.05, 0.1) is 0 Å². The highest BCUT2D eigenvalue weighted by Gasteiger charge is 2.27. The quantitative estimate of drug-likeness (QED) is 0.641. The van der Waals surface area contributed by atoms with Gasteiger partial charge in [0.2, 0.25) is 0 Å². The second-order valence-electron chi connectivity index (χ2n) is 2.92. The first-order valence-corrected chi connectivity index (χ1v) is 4.42. The van der Waals surface area contributed by atoms with Crippen LogP contribution in [0.3, 0.4) is 0 Å². The minimum Gasteiger partial charge on any atom is -0.197 e. The lowest BCUT2D eigenvalue weighted by molar-refractivity contribution is 0.173. The Morgan fingerprint density at radius 2 is 1.92 bits per heavy atom. The topological polar surface area (TPSA) is 0 Å². The molecule has 0 aromatic heterocycles. The van der Waals surface area contributed by atoms with Gasteiger partial charge in [0.15, 0.2) is 0 Å². The monoisotopic (exact) mass is 200 g/mol. The fourth-order valence-corrected chi connectivity index (χ4v) is 1.25. The lowest BCUT2D eigenvalue weighted by Gasteiger charge is -2.15. The molecule has 0 heterocycles. The van der Waals surface area contributed by atoms with Gasteiger partial charge < -0.3 is 0 Å². The van der Waals surface area contributed by atoms with Gasteiger partial charge in [0, 0.05) is 5.57 Å². The predicted octanol–water partition coefficient (Wildman–Crippen LogP) is 3.48. The molecule has 0 bridgehead atoms. The first-order chi connectivity index (χ1) is 5.93. The van der Waals surface area contributed by atoms with Gasteiger partial charge in [-0.15, -0.1) is 0 Å². The molecule has 0 spiro atoms. The maximum absolute atomic E-state index is 12.8. The molecule has 0 aliphatic heterocycles. The minimum atomic E-state index is -2.92. The van der Waals surface area contributed by atoms with Crippen molar-refractivity contribution in [3.63, 3.8) is 0 Å². The van der Waals surface area contributed by atoms with Crippen molar-refractivity contribution in [2.75, 3.05) is 0 Å². The minimum absolute atomic E-state index is 0.157. The number of alkyl halides is 2. The molecule has 13 heavy (non-hydrogen) atoms. The van der Waals surface area contributed by atoms with Crippen LogP contribution in [0.5, 0.6) is 0 Å². The molecule has 0 aliphatic rings. The first kappa shape index (κ1) is 10.3. The first-order valence-electron chi connectivity index (χ1n) is 3.85. The summed E-state index contributed by atoms with van der Waals surface area (Å²) < 4.78 is 25.7. The zero-order chi connectivity index (χ0) is 10.1. The van der Waals surface area contributed by atoms with E-state index in [1.54, 1.807) is 25.1 Å². The molecule has 0 fully saturated rings. The van der Waals surface area contributed by atoms with Gasteiger partial charge >= 0.3 is 0 Å². The van der Waals surface area contributed by atoms with E-state index in [1.165, 1.54) is 9.24 Å². The van der Waals surface area contributed by atoms with Gasteiger partial charge in [-0.2, -0.15) is 8.78 Å². The van der Waals surface area contributed by atoms with Crippen molar-refractivity contribution in [3.05, 3.63) is 42.0 Å². The van der Waals surface area contributed by atoms with E-state index in [4.69, 9.17) is 0 Å². The van der Waals surface area contributed by atoms with E-state index in [0.29, 0.717) is 5.56 Å². The number of halogens is 2. The lowest BCUT2D eigenvalue weighted by atomic mass is 10.0. The van der Waals surface area contributed by atoms with Crippen molar-refractivity contribution in [1.29, 1.82) is 0 Å². The maximum Gasteiger partial charge on any atom is 0.283 e. The Kier molecular flexibility index (Phi) is 2.82. The van der Waals surface area contributed by atoms with E-state index in [2.05, 4.69) is 6.58 Å². The normalized spacial score (nSPS) is 11.4. The smallest absolute Gasteiger partial charge is 0.197 e. The average molecular weight is 200 g/mol.